The molecule has 0 bridgehead atoms. The van der Waals surface area contributed by atoms with Crippen LogP contribution in [0.4, 0.5) is 23.5 Å². The predicted molar refractivity (Wildman–Crippen MR) is 127 cm³/mol. The second kappa shape index (κ2) is 13.2. The number of hydrogen-bond acceptors (Lipinski definition) is 9. The minimum atomic E-state index is 0.472. The van der Waals surface area contributed by atoms with E-state index in [1.54, 1.807) is 0 Å². The van der Waals surface area contributed by atoms with Crippen LogP contribution in [0.3, 0.4) is 0 Å². The van der Waals surface area contributed by atoms with Crippen molar-refractivity contribution in [2.45, 2.75) is 6.54 Å². The van der Waals surface area contributed by atoms with Gasteiger partial charge in [-0.2, -0.15) is 15.0 Å². The number of nitrogens with one attached hydrogen (secondary N) is 2. The lowest BCUT2D eigenvalue weighted by atomic mass is 10.2. The molecule has 32 heavy (non-hydrogen) atoms. The summed E-state index contributed by atoms with van der Waals surface area (Å²) >= 11 is 0. The Labute approximate surface area is 189 Å². The van der Waals surface area contributed by atoms with Crippen LogP contribution < -0.4 is 21.3 Å². The number of aromatic nitrogens is 3. The van der Waals surface area contributed by atoms with Gasteiger partial charge < -0.3 is 30.7 Å². The normalized spacial score (nSPS) is 10.7. The molecule has 9 nitrogen and oxygen atoms in total. The second-order valence-corrected chi connectivity index (χ2v) is 7.06. The van der Waals surface area contributed by atoms with Gasteiger partial charge in [0, 0.05) is 32.4 Å². The van der Waals surface area contributed by atoms with Gasteiger partial charge >= 0.3 is 0 Å². The molecule has 9 heteroatoms. The lowest BCUT2D eigenvalue weighted by Crippen LogP contribution is -2.21. The molecule has 0 atom stereocenters. The lowest BCUT2D eigenvalue weighted by molar-refractivity contribution is 0.0547. The average Bonchev–Trinajstić information content (AvgIpc) is 2.82. The molecular formula is C23H31N7O2. The van der Waals surface area contributed by atoms with Gasteiger partial charge in [-0.3, -0.25) is 0 Å². The number of nitrogens with two attached hydrogens (primary N) is 1. The van der Waals surface area contributed by atoms with Crippen molar-refractivity contribution in [3.8, 4) is 0 Å². The smallest absolute Gasteiger partial charge is 0.233 e. The van der Waals surface area contributed by atoms with Gasteiger partial charge in [-0.15, -0.1) is 0 Å². The molecule has 0 unspecified atom stereocenters. The zero-order valence-corrected chi connectivity index (χ0v) is 18.4. The first-order chi connectivity index (χ1) is 15.7. The molecule has 3 rings (SSSR count). The van der Waals surface area contributed by atoms with Crippen molar-refractivity contribution in [1.29, 1.82) is 0 Å². The third kappa shape index (κ3) is 8.10. The fourth-order valence-corrected chi connectivity index (χ4v) is 2.89. The summed E-state index contributed by atoms with van der Waals surface area (Å²) in [5, 5.41) is 6.46. The Balaban J connectivity index is 1.63. The van der Waals surface area contributed by atoms with Crippen molar-refractivity contribution >= 4 is 23.5 Å². The summed E-state index contributed by atoms with van der Waals surface area (Å²) in [7, 11) is 1.96. The fraction of sp³-hybridized carbons (Fsp3) is 0.348. The highest BCUT2D eigenvalue weighted by molar-refractivity contribution is 5.55. The Morgan fingerprint density at radius 1 is 0.812 bits per heavy atom. The van der Waals surface area contributed by atoms with E-state index in [9.17, 15) is 0 Å². The molecule has 2 aromatic carbocycles. The highest BCUT2D eigenvalue weighted by Gasteiger charge is 2.11. The Kier molecular flexibility index (Phi) is 9.66. The number of ether oxygens (including phenoxy) is 2. The molecule has 0 spiro atoms. The highest BCUT2D eigenvalue weighted by Crippen LogP contribution is 2.18. The van der Waals surface area contributed by atoms with Gasteiger partial charge in [0.15, 0.2) is 0 Å². The van der Waals surface area contributed by atoms with Gasteiger partial charge in [0.1, 0.15) is 0 Å². The summed E-state index contributed by atoms with van der Waals surface area (Å²) in [5.41, 5.74) is 7.47. The van der Waals surface area contributed by atoms with Crippen LogP contribution in [0.2, 0.25) is 0 Å². The summed E-state index contributed by atoms with van der Waals surface area (Å²) < 4.78 is 10.9. The molecule has 1 aromatic heterocycles. The average molecular weight is 438 g/mol. The highest BCUT2D eigenvalue weighted by atomic mass is 16.5. The lowest BCUT2D eigenvalue weighted by Gasteiger charge is -2.19. The number of rotatable bonds is 14. The Hall–Kier alpha value is -3.27. The zero-order valence-electron chi connectivity index (χ0n) is 18.4. The van der Waals surface area contributed by atoms with Crippen LogP contribution in [0, 0.1) is 0 Å². The van der Waals surface area contributed by atoms with Crippen molar-refractivity contribution in [2.24, 2.45) is 5.73 Å². The second-order valence-electron chi connectivity index (χ2n) is 7.06. The number of anilines is 4. The quantitative estimate of drug-likeness (QED) is 0.328. The number of para-hydroxylation sites is 1. The molecule has 0 fully saturated rings. The largest absolute Gasteiger partial charge is 0.378 e. The molecule has 0 saturated heterocycles. The maximum atomic E-state index is 5.56. The van der Waals surface area contributed by atoms with Gasteiger partial charge in [0.05, 0.1) is 26.4 Å². The molecule has 0 aliphatic carbocycles. The van der Waals surface area contributed by atoms with E-state index in [1.165, 1.54) is 5.56 Å². The summed E-state index contributed by atoms with van der Waals surface area (Å²) in [6.07, 6.45) is 0. The first kappa shape index (κ1) is 23.4. The number of hydrogen-bond donors (Lipinski definition) is 3. The molecule has 0 radical (unpaired) electrons. The van der Waals surface area contributed by atoms with Gasteiger partial charge in [0.25, 0.3) is 0 Å². The monoisotopic (exact) mass is 437 g/mol. The van der Waals surface area contributed by atoms with Gasteiger partial charge in [0.2, 0.25) is 17.8 Å². The Morgan fingerprint density at radius 3 is 2.19 bits per heavy atom. The number of benzene rings is 2. The molecule has 170 valence electrons. The molecule has 1 heterocycles. The van der Waals surface area contributed by atoms with Crippen LogP contribution >= 0.6 is 0 Å². The van der Waals surface area contributed by atoms with Crippen LogP contribution in [0.1, 0.15) is 5.56 Å². The van der Waals surface area contributed by atoms with Crippen molar-refractivity contribution in [1.82, 2.24) is 15.0 Å². The van der Waals surface area contributed by atoms with E-state index >= 15 is 0 Å². The molecule has 0 saturated carbocycles. The third-order valence-electron chi connectivity index (χ3n) is 4.42. The Bertz CT molecular complexity index is 913. The molecule has 3 aromatic rings. The van der Waals surface area contributed by atoms with E-state index in [1.807, 2.05) is 60.5 Å². The molecule has 0 amide bonds. The van der Waals surface area contributed by atoms with Gasteiger partial charge in [-0.1, -0.05) is 48.5 Å². The number of nitrogens with zero attached hydrogens (tertiary/aromatic N) is 4. The first-order valence-electron chi connectivity index (χ1n) is 10.7. The molecule has 0 aliphatic rings. The fourth-order valence-electron chi connectivity index (χ4n) is 2.89. The first-order valence-corrected chi connectivity index (χ1v) is 10.7. The maximum absolute atomic E-state index is 5.56. The van der Waals surface area contributed by atoms with Crippen LogP contribution in [-0.2, 0) is 16.0 Å². The SMILES string of the molecule is CN(Cc1ccccc1)c1nc(NCCOCCOCCN)nc(Nc2ccccc2)n1. The van der Waals surface area contributed by atoms with E-state index in [2.05, 4.69) is 37.7 Å². The predicted octanol–water partition coefficient (Wildman–Crippen LogP) is 2.66. The van der Waals surface area contributed by atoms with Crippen LogP contribution in [0.5, 0.6) is 0 Å². The van der Waals surface area contributed by atoms with Crippen molar-refractivity contribution in [2.75, 3.05) is 62.1 Å². The van der Waals surface area contributed by atoms with Gasteiger partial charge in [-0.05, 0) is 17.7 Å². The summed E-state index contributed by atoms with van der Waals surface area (Å²) in [6.45, 7) is 3.86. The van der Waals surface area contributed by atoms with Crippen molar-refractivity contribution in [3.63, 3.8) is 0 Å². The minimum absolute atomic E-state index is 0.472. The van der Waals surface area contributed by atoms with Crippen molar-refractivity contribution in [3.05, 3.63) is 66.2 Å². The van der Waals surface area contributed by atoms with E-state index in [4.69, 9.17) is 15.2 Å². The maximum Gasteiger partial charge on any atom is 0.233 e. The minimum Gasteiger partial charge on any atom is -0.378 e. The van der Waals surface area contributed by atoms with Crippen LogP contribution in [0.25, 0.3) is 0 Å². The Morgan fingerprint density at radius 2 is 1.47 bits per heavy atom. The molecular weight excluding hydrogens is 406 g/mol. The van der Waals surface area contributed by atoms with Crippen LogP contribution in [-0.4, -0.2) is 61.5 Å². The molecule has 0 aliphatic heterocycles. The van der Waals surface area contributed by atoms with E-state index in [0.717, 1.165) is 5.69 Å². The third-order valence-corrected chi connectivity index (χ3v) is 4.42. The van der Waals surface area contributed by atoms with Crippen molar-refractivity contribution < 1.29 is 9.47 Å². The topological polar surface area (TPSA) is 110 Å². The van der Waals surface area contributed by atoms with E-state index in [-0.39, 0.29) is 0 Å². The van der Waals surface area contributed by atoms with Gasteiger partial charge in [-0.25, -0.2) is 0 Å². The summed E-state index contributed by atoms with van der Waals surface area (Å²) in [5.74, 6) is 1.52. The summed E-state index contributed by atoms with van der Waals surface area (Å²) in [4.78, 5) is 15.7. The zero-order chi connectivity index (χ0) is 22.4. The van der Waals surface area contributed by atoms with E-state index < -0.39 is 0 Å². The van der Waals surface area contributed by atoms with E-state index in [0.29, 0.717) is 63.9 Å². The van der Waals surface area contributed by atoms with Crippen LogP contribution in [0.15, 0.2) is 60.7 Å². The summed E-state index contributed by atoms with van der Waals surface area (Å²) in [6, 6.07) is 20.0. The molecule has 4 N–H and O–H groups in total. The standard InChI is InChI=1S/C23H31N7O2/c1-30(18-19-8-4-2-5-9-19)23-28-21(25-13-15-32-17-16-31-14-12-24)27-22(29-23)26-20-10-6-3-7-11-20/h2-11H,12-18,24H2,1H3,(H2,25,26,27,28,29).